The van der Waals surface area contributed by atoms with Gasteiger partial charge >= 0.3 is 0 Å². The molecule has 0 saturated carbocycles. The first-order valence-corrected chi connectivity index (χ1v) is 10.2. The molecule has 1 unspecified atom stereocenters. The van der Waals surface area contributed by atoms with Crippen molar-refractivity contribution in [1.82, 2.24) is 14.5 Å². The van der Waals surface area contributed by atoms with Crippen LogP contribution in [-0.2, 0) is 6.54 Å². The Bertz CT molecular complexity index is 1310. The molecule has 0 spiro atoms. The highest BCUT2D eigenvalue weighted by molar-refractivity contribution is 5.84. The van der Waals surface area contributed by atoms with Crippen LogP contribution in [-0.4, -0.2) is 27.1 Å². The second-order valence-electron chi connectivity index (χ2n) is 7.97. The number of halogens is 2. The lowest BCUT2D eigenvalue weighted by Crippen LogP contribution is -2.39. The molecule has 30 heavy (non-hydrogen) atoms. The summed E-state index contributed by atoms with van der Waals surface area (Å²) in [5.41, 5.74) is 1.88. The van der Waals surface area contributed by atoms with Crippen molar-refractivity contribution in [3.8, 4) is 0 Å². The minimum Gasteiger partial charge on any atom is -0.340 e. The van der Waals surface area contributed by atoms with Crippen LogP contribution in [0.15, 0.2) is 47.3 Å². The molecule has 0 radical (unpaired) electrons. The molecule has 1 saturated heterocycles. The van der Waals surface area contributed by atoms with Crippen LogP contribution in [0.25, 0.3) is 21.9 Å². The Labute approximate surface area is 172 Å². The minimum atomic E-state index is -1.04. The molecule has 1 atom stereocenters. The van der Waals surface area contributed by atoms with E-state index in [9.17, 15) is 13.6 Å². The zero-order chi connectivity index (χ0) is 20.8. The highest BCUT2D eigenvalue weighted by Gasteiger charge is 2.25. The van der Waals surface area contributed by atoms with Gasteiger partial charge in [0.15, 0.2) is 11.6 Å². The lowest BCUT2D eigenvalue weighted by atomic mass is 10.0. The number of benzene rings is 2. The predicted molar refractivity (Wildman–Crippen MR) is 114 cm³/mol. The van der Waals surface area contributed by atoms with Gasteiger partial charge in [0, 0.05) is 24.0 Å². The number of para-hydroxylation sites is 2. The number of hydrogen-bond acceptors (Lipinski definition) is 3. The van der Waals surface area contributed by atoms with E-state index in [0.717, 1.165) is 42.4 Å². The summed E-state index contributed by atoms with van der Waals surface area (Å²) in [7, 11) is 0. The molecule has 7 heteroatoms. The van der Waals surface area contributed by atoms with Gasteiger partial charge in [0.1, 0.15) is 0 Å². The van der Waals surface area contributed by atoms with E-state index in [1.165, 1.54) is 18.6 Å². The Morgan fingerprint density at radius 1 is 1.17 bits per heavy atom. The van der Waals surface area contributed by atoms with E-state index in [1.807, 2.05) is 24.3 Å². The second kappa shape index (κ2) is 7.23. The fourth-order valence-corrected chi connectivity index (χ4v) is 4.47. The number of imidazole rings is 1. The topological polar surface area (TPSA) is 53.9 Å². The maximum atomic E-state index is 14.3. The van der Waals surface area contributed by atoms with Gasteiger partial charge in [-0.3, -0.25) is 4.79 Å². The van der Waals surface area contributed by atoms with Crippen molar-refractivity contribution in [2.75, 3.05) is 11.4 Å². The number of anilines is 1. The molecule has 0 amide bonds. The van der Waals surface area contributed by atoms with Crippen LogP contribution < -0.4 is 10.5 Å². The van der Waals surface area contributed by atoms with E-state index in [4.69, 9.17) is 4.98 Å². The second-order valence-corrected chi connectivity index (χ2v) is 7.97. The Morgan fingerprint density at radius 2 is 2.00 bits per heavy atom. The number of aromatic nitrogens is 3. The van der Waals surface area contributed by atoms with Crippen LogP contribution >= 0.6 is 0 Å². The van der Waals surface area contributed by atoms with Gasteiger partial charge < -0.3 is 14.5 Å². The lowest BCUT2D eigenvalue weighted by Gasteiger charge is -2.34. The monoisotopic (exact) mass is 408 g/mol. The predicted octanol–water partition coefficient (Wildman–Crippen LogP) is 4.58. The highest BCUT2D eigenvalue weighted by atomic mass is 19.2. The fraction of sp³-hybridized carbons (Fsp3) is 0.304. The van der Waals surface area contributed by atoms with Crippen molar-refractivity contribution in [1.29, 1.82) is 0 Å². The molecule has 1 aliphatic rings. The maximum absolute atomic E-state index is 14.3. The van der Waals surface area contributed by atoms with Crippen LogP contribution in [0.4, 0.5) is 14.7 Å². The summed E-state index contributed by atoms with van der Waals surface area (Å²) in [4.78, 5) is 21.8. The SMILES string of the molecule is CC1CCCCN1c1nc2ccccc2n1Cc1cc(=O)[nH]c2c(F)c(F)ccc12. The molecule has 2 aromatic heterocycles. The van der Waals surface area contributed by atoms with Gasteiger partial charge in [0.25, 0.3) is 0 Å². The zero-order valence-corrected chi connectivity index (χ0v) is 16.7. The zero-order valence-electron chi connectivity index (χ0n) is 16.7. The molecule has 3 heterocycles. The fourth-order valence-electron chi connectivity index (χ4n) is 4.47. The number of nitrogens with one attached hydrogen (secondary N) is 1. The molecule has 154 valence electrons. The Balaban J connectivity index is 1.70. The summed E-state index contributed by atoms with van der Waals surface area (Å²) in [6.45, 7) is 3.45. The molecule has 1 aliphatic heterocycles. The molecule has 0 bridgehead atoms. The largest absolute Gasteiger partial charge is 0.340 e. The molecule has 4 aromatic rings. The van der Waals surface area contributed by atoms with Crippen LogP contribution in [0.2, 0.25) is 0 Å². The van der Waals surface area contributed by atoms with Gasteiger partial charge in [0.05, 0.1) is 23.1 Å². The first-order chi connectivity index (χ1) is 14.5. The lowest BCUT2D eigenvalue weighted by molar-refractivity contribution is 0.472. The van der Waals surface area contributed by atoms with Crippen molar-refractivity contribution >= 4 is 27.9 Å². The summed E-state index contributed by atoms with van der Waals surface area (Å²) < 4.78 is 30.1. The number of piperidine rings is 1. The highest BCUT2D eigenvalue weighted by Crippen LogP contribution is 2.30. The maximum Gasteiger partial charge on any atom is 0.248 e. The van der Waals surface area contributed by atoms with E-state index >= 15 is 0 Å². The molecule has 5 rings (SSSR count). The van der Waals surface area contributed by atoms with Gasteiger partial charge in [-0.2, -0.15) is 0 Å². The summed E-state index contributed by atoms with van der Waals surface area (Å²) >= 11 is 0. The van der Waals surface area contributed by atoms with Gasteiger partial charge in [-0.05, 0) is 56.0 Å². The minimum absolute atomic E-state index is 0.102. The third-order valence-electron chi connectivity index (χ3n) is 6.02. The third-order valence-corrected chi connectivity index (χ3v) is 6.02. The molecule has 2 aromatic carbocycles. The van der Waals surface area contributed by atoms with Gasteiger partial charge in [-0.25, -0.2) is 13.8 Å². The van der Waals surface area contributed by atoms with E-state index in [2.05, 4.69) is 21.4 Å². The van der Waals surface area contributed by atoms with E-state index in [1.54, 1.807) is 0 Å². The normalized spacial score (nSPS) is 17.2. The van der Waals surface area contributed by atoms with Crippen LogP contribution in [0.1, 0.15) is 31.7 Å². The third kappa shape index (κ3) is 3.05. The number of nitrogens with zero attached hydrogens (tertiary/aromatic N) is 3. The average Bonchev–Trinajstić information content (AvgIpc) is 3.10. The number of fused-ring (bicyclic) bond motifs is 2. The van der Waals surface area contributed by atoms with Crippen molar-refractivity contribution in [3.63, 3.8) is 0 Å². The summed E-state index contributed by atoms with van der Waals surface area (Å²) in [6, 6.07) is 12.3. The van der Waals surface area contributed by atoms with E-state index in [0.29, 0.717) is 23.5 Å². The Hall–Kier alpha value is -3.22. The van der Waals surface area contributed by atoms with Crippen LogP contribution in [0, 0.1) is 11.6 Å². The van der Waals surface area contributed by atoms with E-state index in [-0.39, 0.29) is 5.52 Å². The quantitative estimate of drug-likeness (QED) is 0.540. The smallest absolute Gasteiger partial charge is 0.248 e. The molecule has 1 fully saturated rings. The number of aromatic amines is 1. The van der Waals surface area contributed by atoms with Crippen molar-refractivity contribution in [2.24, 2.45) is 0 Å². The molecule has 5 nitrogen and oxygen atoms in total. The molecule has 1 N–H and O–H groups in total. The molecular formula is C23H22F2N4O. The number of pyridine rings is 1. The van der Waals surface area contributed by atoms with Crippen LogP contribution in [0.3, 0.4) is 0 Å². The van der Waals surface area contributed by atoms with E-state index < -0.39 is 17.2 Å². The Morgan fingerprint density at radius 3 is 2.83 bits per heavy atom. The van der Waals surface area contributed by atoms with Crippen LogP contribution in [0.5, 0.6) is 0 Å². The summed E-state index contributed by atoms with van der Waals surface area (Å²) in [5.74, 6) is -1.17. The first-order valence-electron chi connectivity index (χ1n) is 10.2. The number of hydrogen-bond donors (Lipinski definition) is 1. The summed E-state index contributed by atoms with van der Waals surface area (Å²) in [5, 5.41) is 0.490. The summed E-state index contributed by atoms with van der Waals surface area (Å²) in [6.07, 6.45) is 3.40. The molecule has 0 aliphatic carbocycles. The standard InChI is InChI=1S/C23H22F2N4O/c1-14-6-4-5-11-28(14)23-26-18-7-2-3-8-19(18)29(23)13-15-12-20(30)27-22-16(15)9-10-17(24)21(22)25/h2-3,7-10,12,14H,4-6,11,13H2,1H3,(H,27,30). The van der Waals surface area contributed by atoms with Crippen molar-refractivity contribution < 1.29 is 8.78 Å². The van der Waals surface area contributed by atoms with Gasteiger partial charge in [0.2, 0.25) is 11.5 Å². The van der Waals surface area contributed by atoms with Crippen molar-refractivity contribution in [2.45, 2.75) is 38.8 Å². The number of H-pyrrole nitrogens is 1. The number of rotatable bonds is 3. The average molecular weight is 408 g/mol. The van der Waals surface area contributed by atoms with Gasteiger partial charge in [-0.1, -0.05) is 12.1 Å². The molecular weight excluding hydrogens is 386 g/mol. The first kappa shape index (κ1) is 18.8. The Kier molecular flexibility index (Phi) is 4.53. The van der Waals surface area contributed by atoms with Crippen molar-refractivity contribution in [3.05, 3.63) is 70.0 Å². The van der Waals surface area contributed by atoms with Gasteiger partial charge in [-0.15, -0.1) is 0 Å².